The van der Waals surface area contributed by atoms with Crippen molar-refractivity contribution >= 4 is 5.91 Å². The molecule has 0 aromatic carbocycles. The summed E-state index contributed by atoms with van der Waals surface area (Å²) in [5.74, 6) is 0.106. The molecule has 0 N–H and O–H groups in total. The molecule has 4 heteroatoms. The van der Waals surface area contributed by atoms with Crippen molar-refractivity contribution in [2.24, 2.45) is 0 Å². The fourth-order valence-corrected chi connectivity index (χ4v) is 2.32. The van der Waals surface area contributed by atoms with Crippen LogP contribution in [-0.4, -0.2) is 28.0 Å². The molecule has 2 heterocycles. The topological polar surface area (TPSA) is 42.3 Å². The van der Waals surface area contributed by atoms with Gasteiger partial charge in [-0.1, -0.05) is 31.9 Å². The van der Waals surface area contributed by atoms with Crippen molar-refractivity contribution in [1.29, 1.82) is 0 Å². The van der Waals surface area contributed by atoms with Crippen LogP contribution in [-0.2, 0) is 11.3 Å². The Kier molecular flexibility index (Phi) is 4.55. The molecule has 4 nitrogen and oxygen atoms in total. The summed E-state index contributed by atoms with van der Waals surface area (Å²) >= 11 is 0. The monoisotopic (exact) mass is 260 g/mol. The first kappa shape index (κ1) is 13.6. The number of carbonyl (C=O) groups excluding carboxylic acids is 1. The Labute approximate surface area is 113 Å². The highest BCUT2D eigenvalue weighted by Crippen LogP contribution is 2.16. The Balaban J connectivity index is 1.95. The number of nitrogens with zero attached hydrogens (tertiary/aromatic N) is 2. The van der Waals surface area contributed by atoms with Gasteiger partial charge in [0.05, 0.1) is 6.04 Å². The summed E-state index contributed by atoms with van der Waals surface area (Å²) in [5, 5.41) is 0. The van der Waals surface area contributed by atoms with E-state index in [9.17, 15) is 9.59 Å². The minimum absolute atomic E-state index is 0.0349. The predicted octanol–water partition coefficient (Wildman–Crippen LogP) is 1.81. The molecule has 0 spiro atoms. The van der Waals surface area contributed by atoms with Crippen LogP contribution in [0.25, 0.3) is 0 Å². The van der Waals surface area contributed by atoms with E-state index in [4.69, 9.17) is 0 Å². The van der Waals surface area contributed by atoms with Crippen molar-refractivity contribution in [2.45, 2.75) is 38.8 Å². The predicted molar refractivity (Wildman–Crippen MR) is 74.9 cm³/mol. The Bertz CT molecular complexity index is 499. The van der Waals surface area contributed by atoms with Gasteiger partial charge in [-0.25, -0.2) is 0 Å². The minimum atomic E-state index is -0.0349. The lowest BCUT2D eigenvalue weighted by molar-refractivity contribution is -0.132. The normalized spacial score (nSPS) is 17.9. The second-order valence-corrected chi connectivity index (χ2v) is 4.89. The second-order valence-electron chi connectivity index (χ2n) is 4.89. The molecule has 102 valence electrons. The Hall–Kier alpha value is -1.84. The molecular weight excluding hydrogens is 240 g/mol. The molecule has 0 unspecified atom stereocenters. The molecule has 0 bridgehead atoms. The number of amides is 1. The van der Waals surface area contributed by atoms with Gasteiger partial charge in [-0.2, -0.15) is 0 Å². The van der Waals surface area contributed by atoms with E-state index in [1.54, 1.807) is 17.0 Å². The van der Waals surface area contributed by atoms with E-state index < -0.39 is 0 Å². The zero-order valence-electron chi connectivity index (χ0n) is 11.3. The highest BCUT2D eigenvalue weighted by atomic mass is 16.2. The number of pyridine rings is 1. The third-order valence-electron chi connectivity index (χ3n) is 3.41. The summed E-state index contributed by atoms with van der Waals surface area (Å²) in [6.45, 7) is 3.16. The molecule has 0 fully saturated rings. The lowest BCUT2D eigenvalue weighted by atomic mass is 10.1. The van der Waals surface area contributed by atoms with Crippen LogP contribution in [0.15, 0.2) is 41.5 Å². The number of aromatic nitrogens is 1. The van der Waals surface area contributed by atoms with E-state index >= 15 is 0 Å². The van der Waals surface area contributed by atoms with Crippen LogP contribution in [0.2, 0.25) is 0 Å². The Morgan fingerprint density at radius 2 is 2.11 bits per heavy atom. The van der Waals surface area contributed by atoms with Crippen molar-refractivity contribution in [1.82, 2.24) is 9.47 Å². The first-order valence-electron chi connectivity index (χ1n) is 6.83. The van der Waals surface area contributed by atoms with Crippen molar-refractivity contribution < 1.29 is 4.79 Å². The van der Waals surface area contributed by atoms with Gasteiger partial charge in [-0.15, -0.1) is 0 Å². The molecule has 1 amide bonds. The minimum Gasteiger partial charge on any atom is -0.345 e. The molecule has 1 aromatic rings. The van der Waals surface area contributed by atoms with Gasteiger partial charge < -0.3 is 9.47 Å². The maximum atomic E-state index is 12.3. The molecule has 0 saturated carbocycles. The summed E-state index contributed by atoms with van der Waals surface area (Å²) in [4.78, 5) is 25.2. The standard InChI is InChI=1S/C15H20N2O2/c1-2-3-5-13-6-4-9-17(13)15(19)12-16-10-7-14(18)8-11-16/h4,6-8,10-11,13H,2-3,5,9,12H2,1H3/t13-/m1/s1. The fourth-order valence-electron chi connectivity index (χ4n) is 2.32. The van der Waals surface area contributed by atoms with E-state index in [2.05, 4.69) is 19.1 Å². The highest BCUT2D eigenvalue weighted by Gasteiger charge is 2.23. The van der Waals surface area contributed by atoms with Crippen LogP contribution in [0, 0.1) is 0 Å². The highest BCUT2D eigenvalue weighted by molar-refractivity contribution is 5.77. The molecule has 0 aliphatic carbocycles. The largest absolute Gasteiger partial charge is 0.345 e. The van der Waals surface area contributed by atoms with Gasteiger partial charge in [-0.3, -0.25) is 9.59 Å². The van der Waals surface area contributed by atoms with E-state index in [1.807, 2.05) is 4.90 Å². The Morgan fingerprint density at radius 3 is 2.79 bits per heavy atom. The molecule has 1 aliphatic heterocycles. The number of unbranched alkanes of at least 4 members (excludes halogenated alkanes) is 1. The van der Waals surface area contributed by atoms with Crippen molar-refractivity contribution in [3.05, 3.63) is 46.9 Å². The van der Waals surface area contributed by atoms with Crippen LogP contribution in [0.1, 0.15) is 26.2 Å². The summed E-state index contributed by atoms with van der Waals surface area (Å²) < 4.78 is 1.75. The maximum Gasteiger partial charge on any atom is 0.243 e. The zero-order valence-corrected chi connectivity index (χ0v) is 11.3. The van der Waals surface area contributed by atoms with E-state index in [0.717, 1.165) is 19.3 Å². The van der Waals surface area contributed by atoms with E-state index in [0.29, 0.717) is 13.1 Å². The van der Waals surface area contributed by atoms with Gasteiger partial charge in [-0.05, 0) is 6.42 Å². The van der Waals surface area contributed by atoms with Crippen molar-refractivity contribution in [3.8, 4) is 0 Å². The fraction of sp³-hybridized carbons (Fsp3) is 0.467. The van der Waals surface area contributed by atoms with Gasteiger partial charge in [0, 0.05) is 31.1 Å². The third-order valence-corrected chi connectivity index (χ3v) is 3.41. The van der Waals surface area contributed by atoms with Gasteiger partial charge >= 0.3 is 0 Å². The summed E-state index contributed by atoms with van der Waals surface area (Å²) in [5.41, 5.74) is -0.0349. The summed E-state index contributed by atoms with van der Waals surface area (Å²) in [7, 11) is 0. The van der Waals surface area contributed by atoms with Crippen LogP contribution >= 0.6 is 0 Å². The molecule has 1 atom stereocenters. The number of carbonyl (C=O) groups is 1. The van der Waals surface area contributed by atoms with Crippen LogP contribution in [0.5, 0.6) is 0 Å². The maximum absolute atomic E-state index is 12.3. The first-order chi connectivity index (χ1) is 9.20. The molecule has 19 heavy (non-hydrogen) atoms. The molecule has 0 saturated heterocycles. The lowest BCUT2D eigenvalue weighted by Crippen LogP contribution is -2.38. The number of hydrogen-bond donors (Lipinski definition) is 0. The van der Waals surface area contributed by atoms with E-state index in [-0.39, 0.29) is 17.4 Å². The first-order valence-corrected chi connectivity index (χ1v) is 6.83. The van der Waals surface area contributed by atoms with Crippen molar-refractivity contribution in [3.63, 3.8) is 0 Å². The zero-order chi connectivity index (χ0) is 13.7. The quantitative estimate of drug-likeness (QED) is 0.758. The molecule has 1 aliphatic rings. The van der Waals surface area contributed by atoms with Crippen molar-refractivity contribution in [2.75, 3.05) is 6.54 Å². The SMILES string of the molecule is CCCC[C@@H]1C=CCN1C(=O)Cn1ccc(=O)cc1. The number of rotatable bonds is 5. The smallest absolute Gasteiger partial charge is 0.243 e. The molecular formula is C15H20N2O2. The molecule has 1 aromatic heterocycles. The molecule has 0 radical (unpaired) electrons. The van der Waals surface area contributed by atoms with Gasteiger partial charge in [0.25, 0.3) is 0 Å². The van der Waals surface area contributed by atoms with Gasteiger partial charge in [0.15, 0.2) is 5.43 Å². The van der Waals surface area contributed by atoms with E-state index in [1.165, 1.54) is 12.1 Å². The van der Waals surface area contributed by atoms with Crippen LogP contribution < -0.4 is 5.43 Å². The summed E-state index contributed by atoms with van der Waals surface area (Å²) in [6, 6.07) is 3.19. The average Bonchev–Trinajstić information content (AvgIpc) is 2.87. The lowest BCUT2D eigenvalue weighted by Gasteiger charge is -2.25. The second kappa shape index (κ2) is 6.36. The van der Waals surface area contributed by atoms with Gasteiger partial charge in [0.1, 0.15) is 6.54 Å². The summed E-state index contributed by atoms with van der Waals surface area (Å²) in [6.07, 6.45) is 10.8. The van der Waals surface area contributed by atoms with Crippen LogP contribution in [0.4, 0.5) is 0 Å². The third kappa shape index (κ3) is 3.56. The van der Waals surface area contributed by atoms with Gasteiger partial charge in [0.2, 0.25) is 5.91 Å². The Morgan fingerprint density at radius 1 is 1.37 bits per heavy atom. The van der Waals surface area contributed by atoms with Crippen LogP contribution in [0.3, 0.4) is 0 Å². The number of hydrogen-bond acceptors (Lipinski definition) is 2. The average molecular weight is 260 g/mol. The molecule has 2 rings (SSSR count).